The molecule has 1 aliphatic heterocycles. The molecule has 2 rings (SSSR count). The summed E-state index contributed by atoms with van der Waals surface area (Å²) in [5.41, 5.74) is 5.62. The summed E-state index contributed by atoms with van der Waals surface area (Å²) in [6.45, 7) is 5.35. The minimum atomic E-state index is -0.471. The van der Waals surface area contributed by atoms with E-state index in [1.807, 2.05) is 0 Å². The fourth-order valence-corrected chi connectivity index (χ4v) is 2.53. The van der Waals surface area contributed by atoms with Crippen molar-refractivity contribution in [2.45, 2.75) is 50.7 Å². The van der Waals surface area contributed by atoms with Crippen LogP contribution >= 0.6 is 0 Å². The average Bonchev–Trinajstić information content (AvgIpc) is 2.92. The van der Waals surface area contributed by atoms with Gasteiger partial charge in [-0.3, -0.25) is 0 Å². The molecule has 1 aromatic heterocycles. The number of hydrogen-bond donors (Lipinski definition) is 1. The highest BCUT2D eigenvalue weighted by Gasteiger charge is 2.36. The Morgan fingerprint density at radius 2 is 2.16 bits per heavy atom. The predicted octanol–water partition coefficient (Wildman–Crippen LogP) is 1.56. The van der Waals surface area contributed by atoms with Gasteiger partial charge in [-0.1, -0.05) is 19.0 Å². The Morgan fingerprint density at radius 1 is 1.42 bits per heavy atom. The van der Waals surface area contributed by atoms with Crippen LogP contribution in [0.1, 0.15) is 50.7 Å². The van der Waals surface area contributed by atoms with Crippen molar-refractivity contribution in [3.63, 3.8) is 0 Å². The van der Waals surface area contributed by atoms with Crippen LogP contribution in [0.15, 0.2) is 4.52 Å². The van der Waals surface area contributed by atoms with Crippen molar-refractivity contribution in [3.05, 3.63) is 11.7 Å². The Morgan fingerprint density at radius 3 is 2.74 bits per heavy atom. The third-order valence-corrected chi connectivity index (χ3v) is 4.11. The molecule has 0 aliphatic carbocycles. The summed E-state index contributed by atoms with van der Waals surface area (Å²) in [5, 5.41) is 4.09. The predicted molar refractivity (Wildman–Crippen MR) is 69.7 cm³/mol. The number of methoxy groups -OCH3 is 1. The molecule has 1 aliphatic rings. The molecule has 0 aromatic carbocycles. The molecule has 2 atom stereocenters. The first-order valence-corrected chi connectivity index (χ1v) is 6.89. The van der Waals surface area contributed by atoms with Gasteiger partial charge in [0.15, 0.2) is 0 Å². The van der Waals surface area contributed by atoms with Crippen molar-refractivity contribution in [3.8, 4) is 0 Å². The Hall–Kier alpha value is -0.980. The van der Waals surface area contributed by atoms with Crippen molar-refractivity contribution in [2.24, 2.45) is 5.73 Å². The first kappa shape index (κ1) is 14.4. The minimum absolute atomic E-state index is 0.0155. The highest BCUT2D eigenvalue weighted by molar-refractivity contribution is 5.06. The molecule has 2 N–H and O–H groups in total. The van der Waals surface area contributed by atoms with E-state index in [9.17, 15) is 0 Å². The minimum Gasteiger partial charge on any atom is -0.381 e. The number of aromatic nitrogens is 2. The number of nitrogens with zero attached hydrogens (tertiary/aromatic N) is 2. The number of nitrogens with two attached hydrogens (primary N) is 1. The lowest BCUT2D eigenvalue weighted by molar-refractivity contribution is -0.0306. The molecular weight excluding hydrogens is 246 g/mol. The maximum absolute atomic E-state index is 6.09. The SMILES string of the molecule is CCC(CC)(OC)c1noc(C2COCCC2N)n1. The number of ether oxygens (including phenoxy) is 2. The highest BCUT2D eigenvalue weighted by atomic mass is 16.5. The summed E-state index contributed by atoms with van der Waals surface area (Å²) in [5.74, 6) is 1.15. The molecule has 1 saturated heterocycles. The van der Waals surface area contributed by atoms with Gasteiger partial charge in [-0.05, 0) is 19.3 Å². The third-order valence-electron chi connectivity index (χ3n) is 4.11. The molecule has 19 heavy (non-hydrogen) atoms. The maximum atomic E-state index is 6.09. The van der Waals surface area contributed by atoms with Crippen molar-refractivity contribution < 1.29 is 14.0 Å². The van der Waals surface area contributed by atoms with Gasteiger partial charge in [0.2, 0.25) is 11.7 Å². The Kier molecular flexibility index (Phi) is 4.54. The van der Waals surface area contributed by atoms with Crippen LogP contribution in [0, 0.1) is 0 Å². The van der Waals surface area contributed by atoms with Crippen LogP contribution in [0.2, 0.25) is 0 Å². The van der Waals surface area contributed by atoms with Crippen LogP contribution in [-0.4, -0.2) is 36.5 Å². The molecule has 0 spiro atoms. The fraction of sp³-hybridized carbons (Fsp3) is 0.846. The van der Waals surface area contributed by atoms with Crippen molar-refractivity contribution in [2.75, 3.05) is 20.3 Å². The third kappa shape index (κ3) is 2.66. The summed E-state index contributed by atoms with van der Waals surface area (Å²) in [7, 11) is 1.68. The Balaban J connectivity index is 2.22. The van der Waals surface area contributed by atoms with Gasteiger partial charge in [-0.25, -0.2) is 0 Å². The van der Waals surface area contributed by atoms with Gasteiger partial charge in [0.05, 0.1) is 12.5 Å². The lowest BCUT2D eigenvalue weighted by Gasteiger charge is -2.27. The second kappa shape index (κ2) is 5.98. The zero-order valence-corrected chi connectivity index (χ0v) is 11.9. The standard InChI is InChI=1S/C13H23N3O3/c1-4-13(5-2,17-3)12-15-11(19-16-12)9-8-18-7-6-10(9)14/h9-10H,4-8,14H2,1-3H3. The molecule has 108 valence electrons. The van der Waals surface area contributed by atoms with Crippen LogP contribution in [0.25, 0.3) is 0 Å². The second-order valence-electron chi connectivity index (χ2n) is 5.00. The Bertz CT molecular complexity index is 395. The van der Waals surface area contributed by atoms with Crippen LogP contribution in [0.5, 0.6) is 0 Å². The van der Waals surface area contributed by atoms with Crippen LogP contribution < -0.4 is 5.73 Å². The molecule has 2 unspecified atom stereocenters. The summed E-state index contributed by atoms with van der Waals surface area (Å²) in [4.78, 5) is 4.51. The number of hydrogen-bond acceptors (Lipinski definition) is 6. The van der Waals surface area contributed by atoms with E-state index in [0.29, 0.717) is 24.9 Å². The quantitative estimate of drug-likeness (QED) is 0.873. The van der Waals surface area contributed by atoms with Crippen LogP contribution in [0.4, 0.5) is 0 Å². The van der Waals surface area contributed by atoms with Gasteiger partial charge in [0.1, 0.15) is 5.60 Å². The molecule has 1 fully saturated rings. The van der Waals surface area contributed by atoms with E-state index in [0.717, 1.165) is 19.3 Å². The molecular formula is C13H23N3O3. The van der Waals surface area contributed by atoms with Gasteiger partial charge in [0.25, 0.3) is 0 Å². The van der Waals surface area contributed by atoms with E-state index < -0.39 is 5.60 Å². The molecule has 0 amide bonds. The molecule has 0 saturated carbocycles. The fourth-order valence-electron chi connectivity index (χ4n) is 2.53. The largest absolute Gasteiger partial charge is 0.381 e. The van der Waals surface area contributed by atoms with E-state index in [1.54, 1.807) is 7.11 Å². The van der Waals surface area contributed by atoms with Crippen molar-refractivity contribution in [1.29, 1.82) is 0 Å². The Labute approximate surface area is 113 Å². The van der Waals surface area contributed by atoms with Crippen LogP contribution in [0.3, 0.4) is 0 Å². The van der Waals surface area contributed by atoms with Gasteiger partial charge in [-0.2, -0.15) is 4.98 Å². The van der Waals surface area contributed by atoms with Gasteiger partial charge < -0.3 is 19.7 Å². The lowest BCUT2D eigenvalue weighted by atomic mass is 9.95. The van der Waals surface area contributed by atoms with E-state index in [-0.39, 0.29) is 12.0 Å². The first-order chi connectivity index (χ1) is 9.16. The summed E-state index contributed by atoms with van der Waals surface area (Å²) in [6.07, 6.45) is 2.41. The molecule has 2 heterocycles. The van der Waals surface area contributed by atoms with E-state index in [4.69, 9.17) is 19.7 Å². The molecule has 6 nitrogen and oxygen atoms in total. The van der Waals surface area contributed by atoms with Crippen molar-refractivity contribution >= 4 is 0 Å². The van der Waals surface area contributed by atoms with E-state index in [2.05, 4.69) is 24.0 Å². The normalized spacial score (nSPS) is 24.6. The zero-order chi connectivity index (χ0) is 13.9. The molecule has 0 radical (unpaired) electrons. The first-order valence-electron chi connectivity index (χ1n) is 6.89. The van der Waals surface area contributed by atoms with Gasteiger partial charge in [0, 0.05) is 19.8 Å². The smallest absolute Gasteiger partial charge is 0.233 e. The lowest BCUT2D eigenvalue weighted by Crippen LogP contribution is -2.37. The number of rotatable bonds is 5. The van der Waals surface area contributed by atoms with E-state index >= 15 is 0 Å². The summed E-state index contributed by atoms with van der Waals surface area (Å²) < 4.78 is 16.4. The van der Waals surface area contributed by atoms with Crippen molar-refractivity contribution in [1.82, 2.24) is 10.1 Å². The zero-order valence-electron chi connectivity index (χ0n) is 11.9. The van der Waals surface area contributed by atoms with Crippen LogP contribution in [-0.2, 0) is 15.1 Å². The monoisotopic (exact) mass is 269 g/mol. The summed E-state index contributed by atoms with van der Waals surface area (Å²) in [6, 6.07) is 0.0160. The molecule has 0 bridgehead atoms. The summed E-state index contributed by atoms with van der Waals surface area (Å²) >= 11 is 0. The topological polar surface area (TPSA) is 83.4 Å². The molecule has 6 heteroatoms. The van der Waals surface area contributed by atoms with Gasteiger partial charge >= 0.3 is 0 Å². The maximum Gasteiger partial charge on any atom is 0.233 e. The highest BCUT2D eigenvalue weighted by Crippen LogP contribution is 2.32. The second-order valence-corrected chi connectivity index (χ2v) is 5.00. The average molecular weight is 269 g/mol. The van der Waals surface area contributed by atoms with E-state index in [1.165, 1.54) is 0 Å². The molecule has 1 aromatic rings. The van der Waals surface area contributed by atoms with Gasteiger partial charge in [-0.15, -0.1) is 0 Å².